The first-order valence-corrected chi connectivity index (χ1v) is 6.50. The van der Waals surface area contributed by atoms with Gasteiger partial charge in [0.2, 0.25) is 0 Å². The second kappa shape index (κ2) is 7.21. The average molecular weight is 394 g/mol. The Morgan fingerprint density at radius 1 is 1.40 bits per heavy atom. The molecule has 1 aliphatic rings. The van der Waals surface area contributed by atoms with Gasteiger partial charge in [-0.2, -0.15) is 5.10 Å². The van der Waals surface area contributed by atoms with Crippen LogP contribution >= 0.6 is 24.0 Å². The van der Waals surface area contributed by atoms with Crippen molar-refractivity contribution in [2.75, 3.05) is 26.3 Å². The summed E-state index contributed by atoms with van der Waals surface area (Å²) in [5, 5.41) is 4.24. The predicted octanol–water partition coefficient (Wildman–Crippen LogP) is 0.798. The highest BCUT2D eigenvalue weighted by atomic mass is 127. The summed E-state index contributed by atoms with van der Waals surface area (Å²) in [6.07, 6.45) is 1.56. The van der Waals surface area contributed by atoms with Gasteiger partial charge in [-0.1, -0.05) is 0 Å². The molecule has 1 saturated heterocycles. The van der Waals surface area contributed by atoms with Gasteiger partial charge in [0.1, 0.15) is 18.7 Å². The molecule has 0 atom stereocenters. The summed E-state index contributed by atoms with van der Waals surface area (Å²) < 4.78 is 7.16. The lowest BCUT2D eigenvalue weighted by atomic mass is 10.1. The summed E-state index contributed by atoms with van der Waals surface area (Å²) in [6.45, 7) is 9.69. The molecule has 0 spiro atoms. The van der Waals surface area contributed by atoms with Gasteiger partial charge in [-0.25, -0.2) is 14.7 Å². The number of rotatable bonds is 2. The highest BCUT2D eigenvalue weighted by molar-refractivity contribution is 14.0. The third-order valence-corrected chi connectivity index (χ3v) is 2.97. The molecule has 0 saturated carbocycles. The molecule has 2 N–H and O–H groups in total. The van der Waals surface area contributed by atoms with Gasteiger partial charge in [-0.15, -0.1) is 24.0 Å². The number of aromatic nitrogens is 3. The van der Waals surface area contributed by atoms with Crippen molar-refractivity contribution in [2.24, 2.45) is 10.7 Å². The first-order chi connectivity index (χ1) is 8.98. The molecule has 0 amide bonds. The van der Waals surface area contributed by atoms with Crippen molar-refractivity contribution >= 4 is 29.9 Å². The van der Waals surface area contributed by atoms with Crippen LogP contribution in [0.2, 0.25) is 0 Å². The Morgan fingerprint density at radius 2 is 2.05 bits per heavy atom. The first kappa shape index (κ1) is 17.2. The topological polar surface area (TPSA) is 81.6 Å². The van der Waals surface area contributed by atoms with Gasteiger partial charge in [-0.3, -0.25) is 0 Å². The summed E-state index contributed by atoms with van der Waals surface area (Å²) in [6, 6.07) is 0. The van der Waals surface area contributed by atoms with E-state index in [-0.39, 0.29) is 29.5 Å². The first-order valence-electron chi connectivity index (χ1n) is 6.50. The van der Waals surface area contributed by atoms with E-state index in [0.717, 1.165) is 18.9 Å². The molecule has 1 aromatic heterocycles. The van der Waals surface area contributed by atoms with E-state index in [1.807, 2.05) is 9.58 Å². The normalized spacial score (nSPS) is 16.9. The Bertz CT molecular complexity index is 447. The molecule has 1 aliphatic heterocycles. The van der Waals surface area contributed by atoms with Crippen LogP contribution in [0.3, 0.4) is 0 Å². The monoisotopic (exact) mass is 394 g/mol. The number of aliphatic imine (C=N–C) groups is 1. The fourth-order valence-electron chi connectivity index (χ4n) is 1.98. The number of nitrogens with zero attached hydrogens (tertiary/aromatic N) is 5. The van der Waals surface area contributed by atoms with E-state index in [9.17, 15) is 0 Å². The molecule has 0 aliphatic carbocycles. The Morgan fingerprint density at radius 3 is 2.65 bits per heavy atom. The molecular weight excluding hydrogens is 371 g/mol. The van der Waals surface area contributed by atoms with E-state index in [0.29, 0.717) is 25.7 Å². The molecular formula is C12H23IN6O. The van der Waals surface area contributed by atoms with Crippen LogP contribution in [-0.4, -0.2) is 51.9 Å². The maximum Gasteiger partial charge on any atom is 0.191 e. The Labute approximate surface area is 136 Å². The van der Waals surface area contributed by atoms with Crippen LogP contribution in [0, 0.1) is 0 Å². The molecule has 2 heterocycles. The summed E-state index contributed by atoms with van der Waals surface area (Å²) in [5.41, 5.74) is 5.88. The minimum atomic E-state index is -0.102. The lowest BCUT2D eigenvalue weighted by molar-refractivity contribution is 0.0674. The lowest BCUT2D eigenvalue weighted by Crippen LogP contribution is -2.44. The average Bonchev–Trinajstić information content (AvgIpc) is 2.85. The van der Waals surface area contributed by atoms with Crippen LogP contribution in [0.25, 0.3) is 0 Å². The summed E-state index contributed by atoms with van der Waals surface area (Å²) in [7, 11) is 0. The lowest BCUT2D eigenvalue weighted by Gasteiger charge is -2.27. The quantitative estimate of drug-likeness (QED) is 0.456. The van der Waals surface area contributed by atoms with E-state index in [1.165, 1.54) is 0 Å². The van der Waals surface area contributed by atoms with Gasteiger partial charge in [-0.05, 0) is 20.8 Å². The van der Waals surface area contributed by atoms with Gasteiger partial charge in [0, 0.05) is 13.1 Å². The maximum atomic E-state index is 5.99. The van der Waals surface area contributed by atoms with Crippen LogP contribution < -0.4 is 5.73 Å². The van der Waals surface area contributed by atoms with Crippen LogP contribution in [0.15, 0.2) is 11.3 Å². The molecule has 20 heavy (non-hydrogen) atoms. The molecule has 1 aromatic rings. The fraction of sp³-hybridized carbons (Fsp3) is 0.750. The number of halogens is 1. The van der Waals surface area contributed by atoms with E-state index < -0.39 is 0 Å². The van der Waals surface area contributed by atoms with Crippen molar-refractivity contribution in [2.45, 2.75) is 32.9 Å². The Kier molecular flexibility index (Phi) is 6.18. The second-order valence-electron chi connectivity index (χ2n) is 5.53. The third-order valence-electron chi connectivity index (χ3n) is 2.97. The van der Waals surface area contributed by atoms with Crippen LogP contribution in [0.1, 0.15) is 26.6 Å². The number of hydrogen-bond donors (Lipinski definition) is 1. The smallest absolute Gasteiger partial charge is 0.191 e. The predicted molar refractivity (Wildman–Crippen MR) is 88.2 cm³/mol. The van der Waals surface area contributed by atoms with Crippen molar-refractivity contribution in [3.05, 3.63) is 12.2 Å². The van der Waals surface area contributed by atoms with Crippen molar-refractivity contribution in [1.29, 1.82) is 0 Å². The highest BCUT2D eigenvalue weighted by Gasteiger charge is 2.18. The van der Waals surface area contributed by atoms with Crippen LogP contribution in [0.4, 0.5) is 0 Å². The number of nitrogens with two attached hydrogens (primary N) is 1. The van der Waals surface area contributed by atoms with Crippen LogP contribution in [0.5, 0.6) is 0 Å². The Balaban J connectivity index is 0.00000200. The standard InChI is InChI=1S/C12H22N6O.HI/c1-12(2,3)18-10(15-9-16-18)8-14-11(13)17-4-6-19-7-5-17;/h9H,4-8H2,1-3H3,(H2,13,14);1H. The van der Waals surface area contributed by atoms with Crippen molar-refractivity contribution < 1.29 is 4.74 Å². The van der Waals surface area contributed by atoms with E-state index in [1.54, 1.807) is 6.33 Å². The molecule has 0 aromatic carbocycles. The number of hydrogen-bond acceptors (Lipinski definition) is 4. The van der Waals surface area contributed by atoms with Gasteiger partial charge in [0.25, 0.3) is 0 Å². The number of ether oxygens (including phenoxy) is 1. The largest absolute Gasteiger partial charge is 0.378 e. The summed E-state index contributed by atoms with van der Waals surface area (Å²) in [4.78, 5) is 10.7. The van der Waals surface area contributed by atoms with E-state index >= 15 is 0 Å². The summed E-state index contributed by atoms with van der Waals surface area (Å²) in [5.74, 6) is 1.37. The molecule has 2 rings (SSSR count). The fourth-order valence-corrected chi connectivity index (χ4v) is 1.98. The van der Waals surface area contributed by atoms with Gasteiger partial charge >= 0.3 is 0 Å². The molecule has 114 valence electrons. The molecule has 0 unspecified atom stereocenters. The third kappa shape index (κ3) is 4.30. The van der Waals surface area contributed by atoms with E-state index in [4.69, 9.17) is 10.5 Å². The van der Waals surface area contributed by atoms with Gasteiger partial charge in [0.15, 0.2) is 5.96 Å². The Hall–Kier alpha value is -0.900. The van der Waals surface area contributed by atoms with Crippen molar-refractivity contribution in [1.82, 2.24) is 19.7 Å². The van der Waals surface area contributed by atoms with Gasteiger partial charge in [0.05, 0.1) is 18.8 Å². The minimum absolute atomic E-state index is 0. The zero-order valence-corrected chi connectivity index (χ0v) is 14.6. The molecule has 8 heteroatoms. The molecule has 0 bridgehead atoms. The van der Waals surface area contributed by atoms with Crippen molar-refractivity contribution in [3.8, 4) is 0 Å². The highest BCUT2D eigenvalue weighted by Crippen LogP contribution is 2.14. The van der Waals surface area contributed by atoms with E-state index in [2.05, 4.69) is 35.8 Å². The van der Waals surface area contributed by atoms with Crippen LogP contribution in [-0.2, 0) is 16.8 Å². The molecule has 7 nitrogen and oxygen atoms in total. The summed E-state index contributed by atoms with van der Waals surface area (Å²) >= 11 is 0. The maximum absolute atomic E-state index is 5.99. The second-order valence-corrected chi connectivity index (χ2v) is 5.53. The molecule has 0 radical (unpaired) electrons. The number of guanidine groups is 1. The zero-order valence-electron chi connectivity index (χ0n) is 12.2. The van der Waals surface area contributed by atoms with Crippen molar-refractivity contribution in [3.63, 3.8) is 0 Å². The van der Waals surface area contributed by atoms with Gasteiger partial charge < -0.3 is 15.4 Å². The minimum Gasteiger partial charge on any atom is -0.378 e. The molecule has 1 fully saturated rings. The SMILES string of the molecule is CC(C)(C)n1ncnc1CN=C(N)N1CCOCC1.I. The number of morpholine rings is 1. The zero-order chi connectivity index (χ0) is 13.9.